The van der Waals surface area contributed by atoms with E-state index in [2.05, 4.69) is 46.0 Å². The maximum Gasteiger partial charge on any atom is 0.0838 e. The monoisotopic (exact) mass is 371 g/mol. The number of aromatic nitrogens is 5. The van der Waals surface area contributed by atoms with Gasteiger partial charge in [-0.25, -0.2) is 0 Å². The topological polar surface area (TPSA) is 48.5 Å². The van der Waals surface area contributed by atoms with Gasteiger partial charge in [0.25, 0.3) is 0 Å². The Bertz CT molecular complexity index is 1090. The van der Waals surface area contributed by atoms with Crippen molar-refractivity contribution in [1.29, 1.82) is 0 Å². The fraction of sp³-hybridized carbons (Fsp3) is 0.348. The van der Waals surface area contributed by atoms with Crippen LogP contribution in [-0.2, 0) is 13.0 Å². The molecule has 0 atom stereocenters. The molecule has 3 aromatic heterocycles. The maximum absolute atomic E-state index is 4.99. The first kappa shape index (κ1) is 17.2. The third-order valence-corrected chi connectivity index (χ3v) is 5.84. The van der Waals surface area contributed by atoms with Crippen molar-refractivity contribution >= 4 is 10.9 Å². The SMILES string of the molecule is CCc1nn(C2CCCC2)c2cc(-c3ccnn3Cc3ccccn3)ccc12. The smallest absolute Gasteiger partial charge is 0.0838 e. The molecular weight excluding hydrogens is 346 g/mol. The standard InChI is InChI=1S/C23H25N5/c1-2-21-20-11-10-17(15-23(20)28(26-21)19-8-3-4-9-19)22-12-14-25-27(22)16-18-7-5-6-13-24-18/h5-7,10-15,19H,2-4,8-9,16H2,1H3. The normalized spacial score (nSPS) is 14.9. The van der Waals surface area contributed by atoms with Crippen LogP contribution in [-0.4, -0.2) is 24.5 Å². The summed E-state index contributed by atoms with van der Waals surface area (Å²) in [6, 6.07) is 15.4. The number of rotatable bonds is 5. The molecule has 0 amide bonds. The Morgan fingerprint density at radius 3 is 2.71 bits per heavy atom. The highest BCUT2D eigenvalue weighted by atomic mass is 15.3. The largest absolute Gasteiger partial charge is 0.262 e. The van der Waals surface area contributed by atoms with Crippen LogP contribution in [0.4, 0.5) is 0 Å². The molecule has 1 aliphatic rings. The lowest BCUT2D eigenvalue weighted by atomic mass is 10.1. The third-order valence-electron chi connectivity index (χ3n) is 5.84. The van der Waals surface area contributed by atoms with E-state index in [1.54, 1.807) is 0 Å². The fourth-order valence-corrected chi connectivity index (χ4v) is 4.40. The van der Waals surface area contributed by atoms with Gasteiger partial charge in [0.1, 0.15) is 0 Å². The number of hydrogen-bond donors (Lipinski definition) is 0. The van der Waals surface area contributed by atoms with Crippen molar-refractivity contribution in [2.75, 3.05) is 0 Å². The predicted molar refractivity (Wildman–Crippen MR) is 111 cm³/mol. The van der Waals surface area contributed by atoms with Crippen LogP contribution in [0.3, 0.4) is 0 Å². The number of fused-ring (bicyclic) bond motifs is 1. The van der Waals surface area contributed by atoms with Gasteiger partial charge in [0.2, 0.25) is 0 Å². The Kier molecular flexibility index (Phi) is 4.43. The molecule has 1 aliphatic carbocycles. The minimum Gasteiger partial charge on any atom is -0.262 e. The van der Waals surface area contributed by atoms with Crippen LogP contribution in [0.1, 0.15) is 50.0 Å². The first-order valence-electron chi connectivity index (χ1n) is 10.3. The molecule has 5 heteroatoms. The van der Waals surface area contributed by atoms with Gasteiger partial charge >= 0.3 is 0 Å². The second-order valence-corrected chi connectivity index (χ2v) is 7.61. The van der Waals surface area contributed by atoms with Crippen LogP contribution in [0, 0.1) is 0 Å². The maximum atomic E-state index is 4.99. The highest BCUT2D eigenvalue weighted by Gasteiger charge is 2.21. The van der Waals surface area contributed by atoms with Crippen molar-refractivity contribution in [1.82, 2.24) is 24.5 Å². The second-order valence-electron chi connectivity index (χ2n) is 7.61. The van der Waals surface area contributed by atoms with E-state index in [0.717, 1.165) is 17.8 Å². The van der Waals surface area contributed by atoms with Crippen LogP contribution >= 0.6 is 0 Å². The zero-order valence-electron chi connectivity index (χ0n) is 16.3. The molecule has 1 saturated carbocycles. The molecule has 0 N–H and O–H groups in total. The van der Waals surface area contributed by atoms with Crippen molar-refractivity contribution in [2.45, 2.75) is 51.6 Å². The van der Waals surface area contributed by atoms with Crippen LogP contribution in [0.25, 0.3) is 22.2 Å². The molecule has 0 bridgehead atoms. The van der Waals surface area contributed by atoms with E-state index >= 15 is 0 Å². The third kappa shape index (κ3) is 3.01. The Balaban J connectivity index is 1.57. The lowest BCUT2D eigenvalue weighted by molar-refractivity contribution is 0.478. The molecule has 5 nitrogen and oxygen atoms in total. The van der Waals surface area contributed by atoms with Crippen molar-refractivity contribution in [3.8, 4) is 11.3 Å². The zero-order chi connectivity index (χ0) is 18.9. The first-order chi connectivity index (χ1) is 13.8. The highest BCUT2D eigenvalue weighted by Crippen LogP contribution is 2.34. The summed E-state index contributed by atoms with van der Waals surface area (Å²) in [4.78, 5) is 4.44. The van der Waals surface area contributed by atoms with Crippen LogP contribution < -0.4 is 0 Å². The van der Waals surface area contributed by atoms with Crippen LogP contribution in [0.15, 0.2) is 54.9 Å². The van der Waals surface area contributed by atoms with Gasteiger partial charge in [-0.1, -0.05) is 38.0 Å². The van der Waals surface area contributed by atoms with Crippen molar-refractivity contribution in [3.05, 3.63) is 66.2 Å². The molecule has 28 heavy (non-hydrogen) atoms. The fourth-order valence-electron chi connectivity index (χ4n) is 4.40. The van der Waals surface area contributed by atoms with Crippen LogP contribution in [0.2, 0.25) is 0 Å². The van der Waals surface area contributed by atoms with Crippen molar-refractivity contribution in [2.24, 2.45) is 0 Å². The number of aryl methyl sites for hydroxylation is 1. The molecule has 1 fully saturated rings. The van der Waals surface area contributed by atoms with Gasteiger partial charge in [0, 0.05) is 23.3 Å². The highest BCUT2D eigenvalue weighted by molar-refractivity contribution is 5.86. The average Bonchev–Trinajstić information content (AvgIpc) is 3.48. The molecule has 5 rings (SSSR count). The lowest BCUT2D eigenvalue weighted by Crippen LogP contribution is -2.07. The Hall–Kier alpha value is -2.95. The van der Waals surface area contributed by atoms with E-state index in [0.29, 0.717) is 12.6 Å². The number of nitrogens with zero attached hydrogens (tertiary/aromatic N) is 5. The molecule has 0 radical (unpaired) electrons. The van der Waals surface area contributed by atoms with E-state index < -0.39 is 0 Å². The van der Waals surface area contributed by atoms with Gasteiger partial charge in [-0.05, 0) is 43.5 Å². The summed E-state index contributed by atoms with van der Waals surface area (Å²) in [5, 5.41) is 10.8. The summed E-state index contributed by atoms with van der Waals surface area (Å²) >= 11 is 0. The molecule has 1 aromatic carbocycles. The van der Waals surface area contributed by atoms with E-state index in [1.807, 2.05) is 35.3 Å². The Morgan fingerprint density at radius 2 is 1.93 bits per heavy atom. The minimum atomic E-state index is 0.538. The van der Waals surface area contributed by atoms with E-state index in [9.17, 15) is 0 Å². The van der Waals surface area contributed by atoms with Crippen LogP contribution in [0.5, 0.6) is 0 Å². The number of pyridine rings is 1. The number of hydrogen-bond acceptors (Lipinski definition) is 3. The molecule has 3 heterocycles. The zero-order valence-corrected chi connectivity index (χ0v) is 16.3. The lowest BCUT2D eigenvalue weighted by Gasteiger charge is -2.12. The van der Waals surface area contributed by atoms with E-state index in [-0.39, 0.29) is 0 Å². The molecule has 0 spiro atoms. The summed E-state index contributed by atoms with van der Waals surface area (Å²) in [7, 11) is 0. The van der Waals surface area contributed by atoms with Gasteiger partial charge in [0.15, 0.2) is 0 Å². The first-order valence-corrected chi connectivity index (χ1v) is 10.3. The summed E-state index contributed by atoms with van der Waals surface area (Å²) in [5.41, 5.74) is 5.77. The van der Waals surface area contributed by atoms with Crippen molar-refractivity contribution < 1.29 is 0 Å². The molecular formula is C23H25N5. The molecule has 4 aromatic rings. The summed E-state index contributed by atoms with van der Waals surface area (Å²) in [6.45, 7) is 2.86. The van der Waals surface area contributed by atoms with Gasteiger partial charge in [-0.2, -0.15) is 10.2 Å². The predicted octanol–water partition coefficient (Wildman–Crippen LogP) is 5.02. The molecule has 0 aliphatic heterocycles. The van der Waals surface area contributed by atoms with Gasteiger partial charge in [0.05, 0.1) is 35.2 Å². The Labute approximate surface area is 165 Å². The summed E-state index contributed by atoms with van der Waals surface area (Å²) < 4.78 is 4.32. The second kappa shape index (κ2) is 7.23. The van der Waals surface area contributed by atoms with Gasteiger partial charge in [-0.3, -0.25) is 14.3 Å². The van der Waals surface area contributed by atoms with Crippen molar-refractivity contribution in [3.63, 3.8) is 0 Å². The summed E-state index contributed by atoms with van der Waals surface area (Å²) in [5.74, 6) is 0. The quantitative estimate of drug-likeness (QED) is 0.495. The molecule has 142 valence electrons. The van der Waals surface area contributed by atoms with E-state index in [4.69, 9.17) is 5.10 Å². The summed E-state index contributed by atoms with van der Waals surface area (Å²) in [6.07, 6.45) is 9.76. The number of benzene rings is 1. The minimum absolute atomic E-state index is 0.538. The van der Waals surface area contributed by atoms with Gasteiger partial charge < -0.3 is 0 Å². The van der Waals surface area contributed by atoms with E-state index in [1.165, 1.54) is 47.8 Å². The molecule has 0 unspecified atom stereocenters. The molecule has 0 saturated heterocycles. The average molecular weight is 371 g/mol. The van der Waals surface area contributed by atoms with Gasteiger partial charge in [-0.15, -0.1) is 0 Å². The Morgan fingerprint density at radius 1 is 1.04 bits per heavy atom.